The molecule has 1 aromatic rings. The van der Waals surface area contributed by atoms with Crippen LogP contribution in [0.25, 0.3) is 0 Å². The Morgan fingerprint density at radius 1 is 1.22 bits per heavy atom. The molecule has 1 saturated heterocycles. The SMILES string of the molecule is O=C(NC1CCCCC1)N1CCC[C@H]1C(=S)OCCCc1cccc(F)c1. The second-order valence-electron chi connectivity index (χ2n) is 7.54. The second-order valence-corrected chi connectivity index (χ2v) is 7.94. The van der Waals surface area contributed by atoms with Crippen molar-refractivity contribution in [3.8, 4) is 0 Å². The zero-order valence-electron chi connectivity index (χ0n) is 15.8. The van der Waals surface area contributed by atoms with Crippen LogP contribution in [0.1, 0.15) is 56.9 Å². The molecule has 1 saturated carbocycles. The summed E-state index contributed by atoms with van der Waals surface area (Å²) in [6.45, 7) is 1.22. The fourth-order valence-corrected chi connectivity index (χ4v) is 4.33. The van der Waals surface area contributed by atoms with Gasteiger partial charge in [-0.2, -0.15) is 0 Å². The number of carbonyl (C=O) groups excluding carboxylic acids is 1. The van der Waals surface area contributed by atoms with Crippen molar-refractivity contribution in [2.45, 2.75) is 69.9 Å². The highest BCUT2D eigenvalue weighted by Gasteiger charge is 2.33. The molecule has 2 amide bonds. The highest BCUT2D eigenvalue weighted by atomic mass is 32.1. The van der Waals surface area contributed by atoms with E-state index in [9.17, 15) is 9.18 Å². The van der Waals surface area contributed by atoms with E-state index in [1.807, 2.05) is 11.0 Å². The number of halogens is 1. The van der Waals surface area contributed by atoms with Crippen LogP contribution in [0, 0.1) is 5.82 Å². The van der Waals surface area contributed by atoms with E-state index in [1.165, 1.54) is 25.3 Å². The number of thiocarbonyl (C=S) groups is 1. The topological polar surface area (TPSA) is 41.6 Å². The van der Waals surface area contributed by atoms with Crippen molar-refractivity contribution in [1.29, 1.82) is 0 Å². The largest absolute Gasteiger partial charge is 0.485 e. The predicted octanol–water partition coefficient (Wildman–Crippen LogP) is 4.61. The number of carbonyl (C=O) groups is 1. The van der Waals surface area contributed by atoms with E-state index in [0.717, 1.165) is 50.6 Å². The first-order valence-electron chi connectivity index (χ1n) is 10.1. The molecule has 1 aliphatic heterocycles. The van der Waals surface area contributed by atoms with Crippen LogP contribution in [0.5, 0.6) is 0 Å². The smallest absolute Gasteiger partial charge is 0.318 e. The molecule has 0 unspecified atom stereocenters. The number of urea groups is 1. The quantitative estimate of drug-likeness (QED) is 0.568. The third kappa shape index (κ3) is 5.89. The molecule has 1 aliphatic carbocycles. The lowest BCUT2D eigenvalue weighted by molar-refractivity contribution is 0.187. The van der Waals surface area contributed by atoms with E-state index < -0.39 is 0 Å². The van der Waals surface area contributed by atoms with Gasteiger partial charge >= 0.3 is 6.03 Å². The predicted molar refractivity (Wildman–Crippen MR) is 108 cm³/mol. The van der Waals surface area contributed by atoms with Crippen LogP contribution in [0.4, 0.5) is 9.18 Å². The summed E-state index contributed by atoms with van der Waals surface area (Å²) in [6, 6.07) is 6.81. The lowest BCUT2D eigenvalue weighted by Gasteiger charge is -2.29. The molecule has 2 fully saturated rings. The summed E-state index contributed by atoms with van der Waals surface area (Å²) in [6.07, 6.45) is 9.14. The van der Waals surface area contributed by atoms with E-state index in [4.69, 9.17) is 17.0 Å². The summed E-state index contributed by atoms with van der Waals surface area (Å²) in [5.41, 5.74) is 0.957. The summed E-state index contributed by atoms with van der Waals surface area (Å²) in [5.74, 6) is -0.213. The first kappa shape index (κ1) is 20.1. The van der Waals surface area contributed by atoms with Crippen LogP contribution in [0.3, 0.4) is 0 Å². The van der Waals surface area contributed by atoms with Crippen molar-refractivity contribution in [1.82, 2.24) is 10.2 Å². The van der Waals surface area contributed by atoms with Crippen LogP contribution < -0.4 is 5.32 Å². The van der Waals surface area contributed by atoms with Crippen molar-refractivity contribution < 1.29 is 13.9 Å². The molecule has 4 nitrogen and oxygen atoms in total. The van der Waals surface area contributed by atoms with Gasteiger partial charge in [0.2, 0.25) is 0 Å². The maximum Gasteiger partial charge on any atom is 0.318 e. The first-order valence-corrected chi connectivity index (χ1v) is 10.5. The Morgan fingerprint density at radius 3 is 2.81 bits per heavy atom. The monoisotopic (exact) mass is 392 g/mol. The molecule has 0 radical (unpaired) electrons. The Bertz CT molecular complexity index is 649. The van der Waals surface area contributed by atoms with Gasteiger partial charge in [-0.25, -0.2) is 9.18 Å². The van der Waals surface area contributed by atoms with Crippen molar-refractivity contribution in [3.05, 3.63) is 35.6 Å². The lowest BCUT2D eigenvalue weighted by Crippen LogP contribution is -2.49. The summed E-state index contributed by atoms with van der Waals surface area (Å²) in [7, 11) is 0. The normalized spacial score (nSPS) is 20.5. The van der Waals surface area contributed by atoms with Gasteiger partial charge in [-0.05, 0) is 68.4 Å². The molecule has 1 N–H and O–H groups in total. The van der Waals surface area contributed by atoms with Crippen LogP contribution in [0.15, 0.2) is 24.3 Å². The highest BCUT2D eigenvalue weighted by molar-refractivity contribution is 7.80. The fraction of sp³-hybridized carbons (Fsp3) is 0.619. The number of ether oxygens (including phenoxy) is 1. The van der Waals surface area contributed by atoms with E-state index in [0.29, 0.717) is 17.7 Å². The van der Waals surface area contributed by atoms with Crippen LogP contribution in [-0.4, -0.2) is 41.2 Å². The maximum atomic E-state index is 13.2. The molecule has 0 bridgehead atoms. The van der Waals surface area contributed by atoms with Gasteiger partial charge < -0.3 is 15.0 Å². The van der Waals surface area contributed by atoms with Crippen molar-refractivity contribution in [3.63, 3.8) is 0 Å². The van der Waals surface area contributed by atoms with Gasteiger partial charge in [-0.15, -0.1) is 0 Å². The zero-order chi connectivity index (χ0) is 19.1. The fourth-order valence-electron chi connectivity index (χ4n) is 4.00. The van der Waals surface area contributed by atoms with Crippen LogP contribution in [-0.2, 0) is 11.2 Å². The number of amides is 2. The Morgan fingerprint density at radius 2 is 2.04 bits per heavy atom. The molecule has 3 rings (SSSR count). The summed E-state index contributed by atoms with van der Waals surface area (Å²) in [5, 5.41) is 3.68. The molecular weight excluding hydrogens is 363 g/mol. The molecule has 2 aliphatic rings. The van der Waals surface area contributed by atoms with Gasteiger partial charge in [-0.1, -0.05) is 31.4 Å². The third-order valence-corrected chi connectivity index (χ3v) is 5.85. The average molecular weight is 393 g/mol. The Balaban J connectivity index is 1.41. The van der Waals surface area contributed by atoms with Gasteiger partial charge in [0.1, 0.15) is 11.9 Å². The van der Waals surface area contributed by atoms with Crippen molar-refractivity contribution in [2.24, 2.45) is 0 Å². The van der Waals surface area contributed by atoms with Gasteiger partial charge in [0, 0.05) is 12.6 Å². The number of likely N-dealkylation sites (tertiary alicyclic amines) is 1. The maximum absolute atomic E-state index is 13.2. The number of hydrogen-bond acceptors (Lipinski definition) is 3. The van der Waals surface area contributed by atoms with E-state index >= 15 is 0 Å². The lowest BCUT2D eigenvalue weighted by atomic mass is 9.96. The average Bonchev–Trinajstić information content (AvgIpc) is 3.16. The number of benzene rings is 1. The molecule has 1 atom stereocenters. The van der Waals surface area contributed by atoms with Gasteiger partial charge in [-0.3, -0.25) is 0 Å². The third-order valence-electron chi connectivity index (χ3n) is 5.46. The van der Waals surface area contributed by atoms with Crippen LogP contribution in [0.2, 0.25) is 0 Å². The van der Waals surface area contributed by atoms with Crippen molar-refractivity contribution >= 4 is 23.3 Å². The van der Waals surface area contributed by atoms with E-state index in [2.05, 4.69) is 5.32 Å². The molecule has 1 heterocycles. The summed E-state index contributed by atoms with van der Waals surface area (Å²) in [4.78, 5) is 14.5. The number of nitrogens with zero attached hydrogens (tertiary/aromatic N) is 1. The molecule has 0 spiro atoms. The Hall–Kier alpha value is -1.69. The first-order chi connectivity index (χ1) is 13.1. The standard InChI is InChI=1S/C21H29FN2O2S/c22-17-9-4-7-16(15-17)8-6-14-26-20(27)19-12-5-13-24(19)21(25)23-18-10-2-1-3-11-18/h4,7,9,15,18-19H,1-3,5-6,8,10-14H2,(H,23,25)/t19-/m0/s1. The minimum absolute atomic E-state index is 0.00453. The van der Waals surface area contributed by atoms with Gasteiger partial charge in [0.25, 0.3) is 0 Å². The number of aryl methyl sites for hydroxylation is 1. The minimum atomic E-state index is -0.213. The Kier molecular flexibility index (Phi) is 7.44. The number of rotatable bonds is 6. The number of hydrogen-bond donors (Lipinski definition) is 1. The molecule has 6 heteroatoms. The molecule has 148 valence electrons. The number of nitrogens with one attached hydrogen (secondary N) is 1. The zero-order valence-corrected chi connectivity index (χ0v) is 16.6. The second kappa shape index (κ2) is 10.0. The summed E-state index contributed by atoms with van der Waals surface area (Å²) < 4.78 is 19.0. The van der Waals surface area contributed by atoms with E-state index in [-0.39, 0.29) is 17.9 Å². The van der Waals surface area contributed by atoms with Gasteiger partial charge in [0.05, 0.1) is 6.61 Å². The minimum Gasteiger partial charge on any atom is -0.485 e. The summed E-state index contributed by atoms with van der Waals surface area (Å²) >= 11 is 5.46. The highest BCUT2D eigenvalue weighted by Crippen LogP contribution is 2.22. The van der Waals surface area contributed by atoms with Crippen LogP contribution >= 0.6 is 12.2 Å². The van der Waals surface area contributed by atoms with Crippen molar-refractivity contribution in [2.75, 3.05) is 13.2 Å². The van der Waals surface area contributed by atoms with E-state index in [1.54, 1.807) is 12.1 Å². The molecule has 1 aromatic carbocycles. The molecular formula is C21H29FN2O2S. The van der Waals surface area contributed by atoms with Gasteiger partial charge in [0.15, 0.2) is 5.05 Å². The Labute approximate surface area is 166 Å². The molecule has 0 aromatic heterocycles. The molecule has 27 heavy (non-hydrogen) atoms.